The highest BCUT2D eigenvalue weighted by Gasteiger charge is 2.26. The molecule has 0 spiro atoms. The molecule has 3 aromatic rings. The van der Waals surface area contributed by atoms with Crippen LogP contribution in [-0.4, -0.2) is 20.6 Å². The van der Waals surface area contributed by atoms with Crippen LogP contribution < -0.4 is 4.74 Å². The van der Waals surface area contributed by atoms with Gasteiger partial charge < -0.3 is 9.30 Å². The highest BCUT2D eigenvalue weighted by atomic mass is 35.5. The van der Waals surface area contributed by atoms with Crippen LogP contribution in [0.4, 0.5) is 4.39 Å². The molecule has 0 saturated heterocycles. The van der Waals surface area contributed by atoms with Crippen LogP contribution >= 0.6 is 11.6 Å². The van der Waals surface area contributed by atoms with E-state index in [9.17, 15) is 4.39 Å². The second-order valence-corrected chi connectivity index (χ2v) is 5.87. The number of pyridine rings is 2. The highest BCUT2D eigenvalue weighted by molar-refractivity contribution is 6.30. The van der Waals surface area contributed by atoms with Gasteiger partial charge in [-0.05, 0) is 31.0 Å². The summed E-state index contributed by atoms with van der Waals surface area (Å²) in [6.07, 6.45) is 5.13. The van der Waals surface area contributed by atoms with E-state index >= 15 is 0 Å². The Morgan fingerprint density at radius 1 is 1.23 bits per heavy atom. The molecule has 4 rings (SSSR count). The molecule has 0 aliphatic heterocycles. The summed E-state index contributed by atoms with van der Waals surface area (Å²) in [5, 5.41) is 1.37. The van der Waals surface area contributed by atoms with Gasteiger partial charge in [-0.1, -0.05) is 11.6 Å². The zero-order valence-electron chi connectivity index (χ0n) is 11.9. The Bertz CT molecular complexity index is 873. The molecule has 0 amide bonds. The van der Waals surface area contributed by atoms with E-state index < -0.39 is 0 Å². The molecule has 1 saturated carbocycles. The third kappa shape index (κ3) is 2.31. The van der Waals surface area contributed by atoms with E-state index in [-0.39, 0.29) is 11.9 Å². The third-order valence-electron chi connectivity index (χ3n) is 3.79. The molecule has 3 aromatic heterocycles. The Morgan fingerprint density at radius 3 is 2.82 bits per heavy atom. The number of aromatic nitrogens is 3. The Kier molecular flexibility index (Phi) is 3.04. The molecule has 0 bridgehead atoms. The van der Waals surface area contributed by atoms with Crippen LogP contribution in [0, 0.1) is 5.82 Å². The number of ether oxygens (including phenoxy) is 1. The molecule has 0 radical (unpaired) electrons. The van der Waals surface area contributed by atoms with E-state index in [2.05, 4.69) is 9.97 Å². The number of nitrogens with zero attached hydrogens (tertiary/aromatic N) is 3. The van der Waals surface area contributed by atoms with Crippen LogP contribution in [0.15, 0.2) is 30.6 Å². The standard InChI is InChI=1S/C16H13ClFN3O/c1-21-13(4-9-5-15(17)19-8-14(9)21)12-6-10(18)7-20-16(12)22-11-2-3-11/h4-8,11H,2-3H2,1H3. The molecule has 1 aliphatic carbocycles. The van der Waals surface area contributed by atoms with Crippen molar-refractivity contribution in [3.63, 3.8) is 0 Å². The summed E-state index contributed by atoms with van der Waals surface area (Å²) in [6, 6.07) is 5.18. The zero-order chi connectivity index (χ0) is 15.3. The van der Waals surface area contributed by atoms with Crippen LogP contribution in [0.1, 0.15) is 12.8 Å². The van der Waals surface area contributed by atoms with Crippen LogP contribution in [0.25, 0.3) is 22.2 Å². The SMILES string of the molecule is Cn1c(-c2cc(F)cnc2OC2CC2)cc2cc(Cl)ncc21. The van der Waals surface area contributed by atoms with Crippen molar-refractivity contribution >= 4 is 22.5 Å². The first-order valence-corrected chi connectivity index (χ1v) is 7.43. The monoisotopic (exact) mass is 317 g/mol. The number of rotatable bonds is 3. The maximum absolute atomic E-state index is 13.7. The van der Waals surface area contributed by atoms with Gasteiger partial charge in [0.15, 0.2) is 0 Å². The van der Waals surface area contributed by atoms with Gasteiger partial charge in [0, 0.05) is 12.4 Å². The van der Waals surface area contributed by atoms with E-state index in [1.165, 1.54) is 12.3 Å². The Balaban J connectivity index is 1.90. The number of fused-ring (bicyclic) bond motifs is 1. The third-order valence-corrected chi connectivity index (χ3v) is 4.00. The second-order valence-electron chi connectivity index (χ2n) is 5.48. The van der Waals surface area contributed by atoms with E-state index in [0.717, 1.165) is 29.4 Å². The van der Waals surface area contributed by atoms with Crippen molar-refractivity contribution in [1.29, 1.82) is 0 Å². The van der Waals surface area contributed by atoms with Gasteiger partial charge in [-0.25, -0.2) is 14.4 Å². The lowest BCUT2D eigenvalue weighted by atomic mass is 10.2. The Labute approximate surface area is 131 Å². The van der Waals surface area contributed by atoms with Gasteiger partial charge in [-0.15, -0.1) is 0 Å². The summed E-state index contributed by atoms with van der Waals surface area (Å²) in [6.45, 7) is 0. The molecule has 0 atom stereocenters. The summed E-state index contributed by atoms with van der Waals surface area (Å²) >= 11 is 5.94. The predicted octanol–water partition coefficient (Wildman–Crippen LogP) is 3.97. The molecule has 22 heavy (non-hydrogen) atoms. The van der Waals surface area contributed by atoms with Gasteiger partial charge in [0.25, 0.3) is 0 Å². The van der Waals surface area contributed by atoms with E-state index in [1.54, 1.807) is 12.3 Å². The van der Waals surface area contributed by atoms with Crippen molar-refractivity contribution < 1.29 is 9.13 Å². The van der Waals surface area contributed by atoms with Crippen molar-refractivity contribution in [2.75, 3.05) is 0 Å². The summed E-state index contributed by atoms with van der Waals surface area (Å²) in [4.78, 5) is 8.21. The lowest BCUT2D eigenvalue weighted by Crippen LogP contribution is -2.02. The minimum absolute atomic E-state index is 0.197. The number of halogens is 2. The smallest absolute Gasteiger partial charge is 0.223 e. The van der Waals surface area contributed by atoms with Gasteiger partial charge in [0.2, 0.25) is 5.88 Å². The largest absolute Gasteiger partial charge is 0.474 e. The molecule has 0 aromatic carbocycles. The molecule has 112 valence electrons. The first kappa shape index (κ1) is 13.5. The summed E-state index contributed by atoms with van der Waals surface area (Å²) in [7, 11) is 1.90. The minimum atomic E-state index is -0.389. The molecule has 3 heterocycles. The normalized spacial score (nSPS) is 14.5. The first-order valence-electron chi connectivity index (χ1n) is 7.05. The molecular formula is C16H13ClFN3O. The second kappa shape index (κ2) is 4.95. The first-order chi connectivity index (χ1) is 10.6. The van der Waals surface area contributed by atoms with Crippen molar-refractivity contribution in [2.45, 2.75) is 18.9 Å². The van der Waals surface area contributed by atoms with Crippen LogP contribution in [0.2, 0.25) is 5.15 Å². The van der Waals surface area contributed by atoms with E-state index in [0.29, 0.717) is 16.6 Å². The van der Waals surface area contributed by atoms with Gasteiger partial charge in [0.1, 0.15) is 17.1 Å². The fraction of sp³-hybridized carbons (Fsp3) is 0.250. The Hall–Kier alpha value is -2.14. The fourth-order valence-electron chi connectivity index (χ4n) is 2.51. The molecule has 4 nitrogen and oxygen atoms in total. The molecule has 1 aliphatic rings. The van der Waals surface area contributed by atoms with Crippen molar-refractivity contribution in [2.24, 2.45) is 7.05 Å². The lowest BCUT2D eigenvalue weighted by Gasteiger charge is -2.11. The quantitative estimate of drug-likeness (QED) is 0.686. The van der Waals surface area contributed by atoms with Crippen LogP contribution in [0.5, 0.6) is 5.88 Å². The molecule has 6 heteroatoms. The maximum Gasteiger partial charge on any atom is 0.223 e. The van der Waals surface area contributed by atoms with Crippen molar-refractivity contribution in [3.05, 3.63) is 41.6 Å². The fourth-order valence-corrected chi connectivity index (χ4v) is 2.68. The number of hydrogen-bond acceptors (Lipinski definition) is 3. The molecule has 0 N–H and O–H groups in total. The molecule has 1 fully saturated rings. The summed E-state index contributed by atoms with van der Waals surface area (Å²) in [5.41, 5.74) is 2.38. The van der Waals surface area contributed by atoms with Gasteiger partial charge in [0.05, 0.1) is 29.2 Å². The van der Waals surface area contributed by atoms with Gasteiger partial charge in [-0.3, -0.25) is 0 Å². The van der Waals surface area contributed by atoms with E-state index in [4.69, 9.17) is 16.3 Å². The summed E-state index contributed by atoms with van der Waals surface area (Å²) < 4.78 is 21.4. The highest BCUT2D eigenvalue weighted by Crippen LogP contribution is 2.36. The predicted molar refractivity (Wildman–Crippen MR) is 82.6 cm³/mol. The van der Waals surface area contributed by atoms with Gasteiger partial charge >= 0.3 is 0 Å². The average Bonchev–Trinajstić information content (AvgIpc) is 3.25. The van der Waals surface area contributed by atoms with Crippen molar-refractivity contribution in [1.82, 2.24) is 14.5 Å². The average molecular weight is 318 g/mol. The molecule has 0 unspecified atom stereocenters. The number of hydrogen-bond donors (Lipinski definition) is 0. The van der Waals surface area contributed by atoms with Crippen LogP contribution in [0.3, 0.4) is 0 Å². The van der Waals surface area contributed by atoms with Crippen molar-refractivity contribution in [3.8, 4) is 17.1 Å². The Morgan fingerprint density at radius 2 is 2.05 bits per heavy atom. The molecular weight excluding hydrogens is 305 g/mol. The maximum atomic E-state index is 13.7. The van der Waals surface area contributed by atoms with Crippen LogP contribution in [-0.2, 0) is 7.05 Å². The minimum Gasteiger partial charge on any atom is -0.474 e. The lowest BCUT2D eigenvalue weighted by molar-refractivity contribution is 0.291. The number of aryl methyl sites for hydroxylation is 1. The topological polar surface area (TPSA) is 39.9 Å². The summed E-state index contributed by atoms with van der Waals surface area (Å²) in [5.74, 6) is 0.0772. The van der Waals surface area contributed by atoms with E-state index in [1.807, 2.05) is 17.7 Å². The van der Waals surface area contributed by atoms with Gasteiger partial charge in [-0.2, -0.15) is 0 Å². The zero-order valence-corrected chi connectivity index (χ0v) is 12.6.